The first-order valence-corrected chi connectivity index (χ1v) is 4.88. The highest BCUT2D eigenvalue weighted by Gasteiger charge is 2.05. The Morgan fingerprint density at radius 2 is 2.06 bits per heavy atom. The molecule has 0 aliphatic carbocycles. The third-order valence-corrected chi connectivity index (χ3v) is 1.94. The Bertz CT molecular complexity index is 430. The van der Waals surface area contributed by atoms with Gasteiger partial charge in [0, 0.05) is 5.69 Å². The standard InChI is InChI=1S/C11H13NO5/c1-7-4-8(2-3-9(7)13)12-10(14)5-17-6-11(15)16/h2-4,13H,5-6H2,1H3,(H,12,14)(H,15,16). The topological polar surface area (TPSA) is 95.9 Å². The number of aromatic hydroxyl groups is 1. The van der Waals surface area contributed by atoms with Crippen molar-refractivity contribution in [3.63, 3.8) is 0 Å². The molecule has 92 valence electrons. The van der Waals surface area contributed by atoms with Gasteiger partial charge in [-0.05, 0) is 30.7 Å². The van der Waals surface area contributed by atoms with Gasteiger partial charge in [-0.3, -0.25) is 4.79 Å². The Balaban J connectivity index is 2.45. The van der Waals surface area contributed by atoms with Gasteiger partial charge in [-0.2, -0.15) is 0 Å². The number of nitrogens with one attached hydrogen (secondary N) is 1. The molecule has 17 heavy (non-hydrogen) atoms. The number of hydrogen-bond donors (Lipinski definition) is 3. The summed E-state index contributed by atoms with van der Waals surface area (Å²) in [7, 11) is 0. The van der Waals surface area contributed by atoms with E-state index in [1.807, 2.05) is 0 Å². The number of carbonyl (C=O) groups excluding carboxylic acids is 1. The van der Waals surface area contributed by atoms with Crippen molar-refractivity contribution < 1.29 is 24.5 Å². The van der Waals surface area contributed by atoms with E-state index >= 15 is 0 Å². The van der Waals surface area contributed by atoms with Crippen LogP contribution in [0, 0.1) is 6.92 Å². The number of anilines is 1. The summed E-state index contributed by atoms with van der Waals surface area (Å²) in [6.45, 7) is 0.861. The van der Waals surface area contributed by atoms with Gasteiger partial charge < -0.3 is 20.3 Å². The lowest BCUT2D eigenvalue weighted by Gasteiger charge is -2.06. The van der Waals surface area contributed by atoms with Crippen LogP contribution in [0.3, 0.4) is 0 Å². The van der Waals surface area contributed by atoms with Crippen LogP contribution in [0.25, 0.3) is 0 Å². The van der Waals surface area contributed by atoms with E-state index in [4.69, 9.17) is 5.11 Å². The smallest absolute Gasteiger partial charge is 0.329 e. The van der Waals surface area contributed by atoms with Crippen molar-refractivity contribution >= 4 is 17.6 Å². The number of phenolic OH excluding ortho intramolecular Hbond substituents is 1. The van der Waals surface area contributed by atoms with Gasteiger partial charge in [0.05, 0.1) is 0 Å². The van der Waals surface area contributed by atoms with Crippen LogP contribution in [0.2, 0.25) is 0 Å². The minimum Gasteiger partial charge on any atom is -0.508 e. The van der Waals surface area contributed by atoms with Crippen LogP contribution in [-0.4, -0.2) is 35.3 Å². The number of amides is 1. The summed E-state index contributed by atoms with van der Waals surface area (Å²) in [5, 5.41) is 20.1. The van der Waals surface area contributed by atoms with Crippen LogP contribution in [-0.2, 0) is 14.3 Å². The highest BCUT2D eigenvalue weighted by atomic mass is 16.5. The Morgan fingerprint density at radius 1 is 1.35 bits per heavy atom. The second kappa shape index (κ2) is 5.86. The summed E-state index contributed by atoms with van der Waals surface area (Å²) in [4.78, 5) is 21.4. The molecule has 0 unspecified atom stereocenters. The molecule has 0 saturated heterocycles. The zero-order chi connectivity index (χ0) is 12.8. The van der Waals surface area contributed by atoms with Gasteiger partial charge in [0.25, 0.3) is 0 Å². The molecule has 0 aliphatic heterocycles. The van der Waals surface area contributed by atoms with E-state index in [2.05, 4.69) is 10.1 Å². The van der Waals surface area contributed by atoms with Gasteiger partial charge in [-0.1, -0.05) is 0 Å². The fourth-order valence-electron chi connectivity index (χ4n) is 1.16. The summed E-state index contributed by atoms with van der Waals surface area (Å²) >= 11 is 0. The third kappa shape index (κ3) is 4.52. The Morgan fingerprint density at radius 3 is 2.65 bits per heavy atom. The molecule has 0 fully saturated rings. The summed E-state index contributed by atoms with van der Waals surface area (Å²) in [6.07, 6.45) is 0. The summed E-state index contributed by atoms with van der Waals surface area (Å²) < 4.78 is 4.62. The number of benzene rings is 1. The molecule has 1 aromatic carbocycles. The fourth-order valence-corrected chi connectivity index (χ4v) is 1.16. The second-order valence-corrected chi connectivity index (χ2v) is 3.44. The van der Waals surface area contributed by atoms with Crippen molar-refractivity contribution in [2.45, 2.75) is 6.92 Å². The number of rotatable bonds is 5. The maximum Gasteiger partial charge on any atom is 0.329 e. The number of aryl methyl sites for hydroxylation is 1. The fraction of sp³-hybridized carbons (Fsp3) is 0.273. The first kappa shape index (κ1) is 13.0. The summed E-state index contributed by atoms with van der Waals surface area (Å²) in [5.41, 5.74) is 1.15. The number of aliphatic carboxylic acids is 1. The predicted molar refractivity (Wildman–Crippen MR) is 59.9 cm³/mol. The molecule has 1 aromatic rings. The van der Waals surface area contributed by atoms with E-state index in [0.29, 0.717) is 11.3 Å². The molecule has 6 nitrogen and oxygen atoms in total. The summed E-state index contributed by atoms with van der Waals surface area (Å²) in [5.74, 6) is -1.43. The zero-order valence-electron chi connectivity index (χ0n) is 9.27. The van der Waals surface area contributed by atoms with Crippen LogP contribution in [0.5, 0.6) is 5.75 Å². The van der Waals surface area contributed by atoms with Crippen LogP contribution in [0.1, 0.15) is 5.56 Å². The van der Waals surface area contributed by atoms with Gasteiger partial charge in [0.15, 0.2) is 0 Å². The van der Waals surface area contributed by atoms with Crippen LogP contribution in [0.4, 0.5) is 5.69 Å². The number of carbonyl (C=O) groups is 2. The lowest BCUT2D eigenvalue weighted by molar-refractivity contribution is -0.143. The molecule has 6 heteroatoms. The molecule has 0 bridgehead atoms. The number of ether oxygens (including phenoxy) is 1. The predicted octanol–water partition coefficient (Wildman–Crippen LogP) is 0.740. The van der Waals surface area contributed by atoms with E-state index in [0.717, 1.165) is 0 Å². The highest BCUT2D eigenvalue weighted by molar-refractivity contribution is 5.92. The van der Waals surface area contributed by atoms with Crippen molar-refractivity contribution in [1.82, 2.24) is 0 Å². The molecule has 0 heterocycles. The second-order valence-electron chi connectivity index (χ2n) is 3.44. The monoisotopic (exact) mass is 239 g/mol. The maximum absolute atomic E-state index is 11.3. The van der Waals surface area contributed by atoms with Gasteiger partial charge in [-0.25, -0.2) is 4.79 Å². The molecule has 3 N–H and O–H groups in total. The average molecular weight is 239 g/mol. The van der Waals surface area contributed by atoms with Crippen molar-refractivity contribution in [3.05, 3.63) is 23.8 Å². The first-order chi connectivity index (χ1) is 7.99. The Hall–Kier alpha value is -2.08. The molecule has 0 atom stereocenters. The SMILES string of the molecule is Cc1cc(NC(=O)COCC(=O)O)ccc1O. The van der Waals surface area contributed by atoms with Gasteiger partial charge in [0.1, 0.15) is 19.0 Å². The molecule has 0 spiro atoms. The zero-order valence-corrected chi connectivity index (χ0v) is 9.27. The van der Waals surface area contributed by atoms with E-state index in [-0.39, 0.29) is 12.4 Å². The quantitative estimate of drug-likeness (QED) is 0.658. The Kier molecular flexibility index (Phi) is 4.47. The average Bonchev–Trinajstić information content (AvgIpc) is 2.23. The largest absolute Gasteiger partial charge is 0.508 e. The van der Waals surface area contributed by atoms with Crippen LogP contribution < -0.4 is 5.32 Å². The van der Waals surface area contributed by atoms with Gasteiger partial charge >= 0.3 is 5.97 Å². The molecule has 0 radical (unpaired) electrons. The van der Waals surface area contributed by atoms with E-state index < -0.39 is 18.5 Å². The van der Waals surface area contributed by atoms with E-state index in [9.17, 15) is 14.7 Å². The van der Waals surface area contributed by atoms with E-state index in [1.54, 1.807) is 13.0 Å². The normalized spacial score (nSPS) is 9.94. The summed E-state index contributed by atoms with van der Waals surface area (Å²) in [6, 6.07) is 4.60. The minimum atomic E-state index is -1.13. The third-order valence-electron chi connectivity index (χ3n) is 1.94. The minimum absolute atomic E-state index is 0.144. The molecule has 1 amide bonds. The number of hydrogen-bond acceptors (Lipinski definition) is 4. The van der Waals surface area contributed by atoms with Crippen LogP contribution in [0.15, 0.2) is 18.2 Å². The molecular formula is C11H13NO5. The maximum atomic E-state index is 11.3. The van der Waals surface area contributed by atoms with E-state index in [1.165, 1.54) is 12.1 Å². The van der Waals surface area contributed by atoms with Crippen LogP contribution >= 0.6 is 0 Å². The molecular weight excluding hydrogens is 226 g/mol. The van der Waals surface area contributed by atoms with Crippen molar-refractivity contribution in [3.8, 4) is 5.75 Å². The number of carboxylic acids is 1. The molecule has 1 rings (SSSR count). The first-order valence-electron chi connectivity index (χ1n) is 4.88. The van der Waals surface area contributed by atoms with Gasteiger partial charge in [-0.15, -0.1) is 0 Å². The highest BCUT2D eigenvalue weighted by Crippen LogP contribution is 2.19. The number of carboxylic acid groups (broad SMARTS) is 1. The number of phenols is 1. The molecule has 0 saturated carbocycles. The van der Waals surface area contributed by atoms with Crippen molar-refractivity contribution in [1.29, 1.82) is 0 Å². The van der Waals surface area contributed by atoms with Gasteiger partial charge in [0.2, 0.25) is 5.91 Å². The Labute approximate surface area is 97.8 Å². The van der Waals surface area contributed by atoms with Crippen molar-refractivity contribution in [2.75, 3.05) is 18.5 Å². The molecule has 0 aromatic heterocycles. The van der Waals surface area contributed by atoms with Crippen molar-refractivity contribution in [2.24, 2.45) is 0 Å². The lowest BCUT2D eigenvalue weighted by atomic mass is 10.2. The molecule has 0 aliphatic rings. The lowest BCUT2D eigenvalue weighted by Crippen LogP contribution is -2.20.